The molecule has 1 aromatic carbocycles. The average Bonchev–Trinajstić information content (AvgIpc) is 3.04. The molecule has 2 heterocycles. The van der Waals surface area contributed by atoms with Crippen molar-refractivity contribution in [2.75, 3.05) is 0 Å². The van der Waals surface area contributed by atoms with Crippen molar-refractivity contribution in [3.05, 3.63) is 67.5 Å². The molecule has 0 saturated carbocycles. The van der Waals surface area contributed by atoms with Gasteiger partial charge in [-0.15, -0.1) is 5.10 Å². The van der Waals surface area contributed by atoms with Gasteiger partial charge < -0.3 is 4.74 Å². The maximum absolute atomic E-state index is 12.9. The molecule has 0 aliphatic heterocycles. The number of nitrogens with zero attached hydrogens (tertiary/aromatic N) is 4. The highest BCUT2D eigenvalue weighted by atomic mass is 35.5. The van der Waals surface area contributed by atoms with E-state index in [1.807, 2.05) is 0 Å². The number of hydrogen-bond donors (Lipinski definition) is 0. The minimum atomic E-state index is -4.55. The number of carbonyl (C=O) groups is 1. The topological polar surface area (TPSA) is 87.0 Å². The van der Waals surface area contributed by atoms with Gasteiger partial charge in [0.15, 0.2) is 0 Å². The first-order chi connectivity index (χ1) is 13.2. The van der Waals surface area contributed by atoms with Crippen LogP contribution in [0.4, 0.5) is 13.2 Å². The van der Waals surface area contributed by atoms with Crippen LogP contribution in [-0.4, -0.2) is 25.3 Å². The summed E-state index contributed by atoms with van der Waals surface area (Å²) in [4.78, 5) is 24.3. The average molecular weight is 431 g/mol. The zero-order chi connectivity index (χ0) is 20.5. The van der Waals surface area contributed by atoms with Gasteiger partial charge in [-0.25, -0.2) is 9.48 Å². The van der Waals surface area contributed by atoms with Crippen LogP contribution in [0.1, 0.15) is 27.4 Å². The molecule has 0 aliphatic rings. The molecule has 0 unspecified atom stereocenters. The Morgan fingerprint density at radius 1 is 1.32 bits per heavy atom. The lowest BCUT2D eigenvalue weighted by atomic mass is 10.2. The molecule has 7 nitrogen and oxygen atoms in total. The summed E-state index contributed by atoms with van der Waals surface area (Å²) in [6.45, 7) is 1.15. The minimum absolute atomic E-state index is 0.0353. The predicted molar refractivity (Wildman–Crippen MR) is 93.6 cm³/mol. The summed E-state index contributed by atoms with van der Waals surface area (Å²) in [5.41, 5.74) is -1.71. The van der Waals surface area contributed by atoms with Gasteiger partial charge in [-0.2, -0.15) is 18.3 Å². The Morgan fingerprint density at radius 2 is 2.07 bits per heavy atom. The van der Waals surface area contributed by atoms with E-state index in [2.05, 4.69) is 14.7 Å². The number of esters is 1. The number of aromatic nitrogens is 4. The van der Waals surface area contributed by atoms with Gasteiger partial charge in [0.2, 0.25) is 11.1 Å². The molecule has 0 amide bonds. The van der Waals surface area contributed by atoms with E-state index < -0.39 is 28.8 Å². The van der Waals surface area contributed by atoms with Crippen molar-refractivity contribution < 1.29 is 22.7 Å². The van der Waals surface area contributed by atoms with E-state index in [1.165, 1.54) is 19.1 Å². The molecule has 0 spiro atoms. The van der Waals surface area contributed by atoms with Gasteiger partial charge in [-0.1, -0.05) is 22.2 Å². The van der Waals surface area contributed by atoms with E-state index in [0.717, 1.165) is 34.4 Å². The zero-order valence-electron chi connectivity index (χ0n) is 14.0. The van der Waals surface area contributed by atoms with Crippen LogP contribution in [-0.2, 0) is 17.5 Å². The molecule has 0 saturated heterocycles. The van der Waals surface area contributed by atoms with Crippen LogP contribution in [0, 0.1) is 6.92 Å². The molecule has 146 valence electrons. The highest BCUT2D eigenvalue weighted by molar-refractivity contribution is 7.10. The molecule has 28 heavy (non-hydrogen) atoms. The van der Waals surface area contributed by atoms with E-state index >= 15 is 0 Å². The normalized spacial score (nSPS) is 11.5. The maximum Gasteiger partial charge on any atom is 0.416 e. The van der Waals surface area contributed by atoms with E-state index in [0.29, 0.717) is 0 Å². The van der Waals surface area contributed by atoms with E-state index in [4.69, 9.17) is 16.3 Å². The number of carbonyl (C=O) groups excluding carboxylic acids is 1. The molecule has 0 bridgehead atoms. The largest absolute Gasteiger partial charge is 0.454 e. The Balaban J connectivity index is 1.94. The third kappa shape index (κ3) is 4.20. The number of aryl methyl sites for hydroxylation is 1. The summed E-state index contributed by atoms with van der Waals surface area (Å²) in [6.07, 6.45) is -4.55. The lowest BCUT2D eigenvalue weighted by Crippen LogP contribution is -2.24. The van der Waals surface area contributed by atoms with Crippen LogP contribution in [0.2, 0.25) is 4.34 Å². The summed E-state index contributed by atoms with van der Waals surface area (Å²) in [7, 11) is 0. The second-order valence-corrected chi connectivity index (χ2v) is 6.88. The van der Waals surface area contributed by atoms with Gasteiger partial charge in [-0.3, -0.25) is 4.79 Å². The molecule has 0 aliphatic carbocycles. The van der Waals surface area contributed by atoms with Crippen molar-refractivity contribution in [1.82, 2.24) is 19.4 Å². The number of halogens is 4. The van der Waals surface area contributed by atoms with Crippen molar-refractivity contribution in [3.8, 4) is 5.69 Å². The number of ether oxygens (including phenoxy) is 1. The van der Waals surface area contributed by atoms with Gasteiger partial charge >= 0.3 is 12.1 Å². The summed E-state index contributed by atoms with van der Waals surface area (Å²) in [5, 5.41) is 7.55. The van der Waals surface area contributed by atoms with E-state index in [1.54, 1.807) is 0 Å². The third-order valence-electron chi connectivity index (χ3n) is 3.57. The van der Waals surface area contributed by atoms with Crippen LogP contribution in [0.25, 0.3) is 5.69 Å². The minimum Gasteiger partial charge on any atom is -0.454 e. The summed E-state index contributed by atoms with van der Waals surface area (Å²) in [5.74, 6) is -1.06. The van der Waals surface area contributed by atoms with Gasteiger partial charge in [0, 0.05) is 23.3 Å². The Morgan fingerprint density at radius 3 is 2.71 bits per heavy atom. The molecule has 3 aromatic rings. The first-order valence-electron chi connectivity index (χ1n) is 7.59. The second-order valence-electron chi connectivity index (χ2n) is 5.53. The van der Waals surface area contributed by atoms with Crippen LogP contribution in [0.5, 0.6) is 0 Å². The lowest BCUT2D eigenvalue weighted by molar-refractivity contribution is -0.137. The molecule has 0 radical (unpaired) electrons. The van der Waals surface area contributed by atoms with E-state index in [9.17, 15) is 22.8 Å². The second kappa shape index (κ2) is 7.68. The highest BCUT2D eigenvalue weighted by Crippen LogP contribution is 2.30. The monoisotopic (exact) mass is 430 g/mol. The van der Waals surface area contributed by atoms with Gasteiger partial charge in [0.1, 0.15) is 16.6 Å². The van der Waals surface area contributed by atoms with Gasteiger partial charge in [0.05, 0.1) is 11.3 Å². The summed E-state index contributed by atoms with van der Waals surface area (Å²) in [6, 6.07) is 5.42. The Kier molecular flexibility index (Phi) is 5.47. The van der Waals surface area contributed by atoms with Crippen LogP contribution in [0.15, 0.2) is 35.1 Å². The fraction of sp³-hybridized carbons (Fsp3) is 0.188. The molecule has 12 heteroatoms. The number of rotatable bonds is 4. The first-order valence-corrected chi connectivity index (χ1v) is 8.74. The SMILES string of the molecule is Cc1cc(=O)c(C(=O)OCc2nnsc2Cl)nn1-c1cccc(C(F)(F)F)c1. The predicted octanol–water partition coefficient (Wildman–Crippen LogP) is 3.42. The highest BCUT2D eigenvalue weighted by Gasteiger charge is 2.30. The Hall–Kier alpha value is -2.79. The zero-order valence-corrected chi connectivity index (χ0v) is 15.6. The molecule has 0 N–H and O–H groups in total. The maximum atomic E-state index is 12.9. The van der Waals surface area contributed by atoms with Crippen molar-refractivity contribution in [2.45, 2.75) is 19.7 Å². The Labute approximate surface area is 164 Å². The molecule has 2 aromatic heterocycles. The molecule has 0 fully saturated rings. The number of benzene rings is 1. The third-order valence-corrected chi connectivity index (χ3v) is 4.55. The van der Waals surface area contributed by atoms with Gasteiger partial charge in [0.25, 0.3) is 0 Å². The smallest absolute Gasteiger partial charge is 0.416 e. The van der Waals surface area contributed by atoms with Gasteiger partial charge in [-0.05, 0) is 25.1 Å². The molecular formula is C16H10ClF3N4O3S. The van der Waals surface area contributed by atoms with E-state index in [-0.39, 0.29) is 28.0 Å². The molecule has 3 rings (SSSR count). The number of alkyl halides is 3. The number of hydrogen-bond acceptors (Lipinski definition) is 7. The van der Waals surface area contributed by atoms with Crippen molar-refractivity contribution >= 4 is 29.1 Å². The quantitative estimate of drug-likeness (QED) is 0.589. The van der Waals surface area contributed by atoms with Crippen molar-refractivity contribution in [1.29, 1.82) is 0 Å². The standard InChI is InChI=1S/C16H10ClF3N4O3S/c1-8-5-12(25)13(15(26)27-7-11-14(17)28-23-21-11)22-24(8)10-4-2-3-9(6-10)16(18,19)20/h2-6H,7H2,1H3. The van der Waals surface area contributed by atoms with Crippen LogP contribution in [0.3, 0.4) is 0 Å². The van der Waals surface area contributed by atoms with Crippen molar-refractivity contribution in [3.63, 3.8) is 0 Å². The fourth-order valence-electron chi connectivity index (χ4n) is 2.25. The molecular weight excluding hydrogens is 421 g/mol. The summed E-state index contributed by atoms with van der Waals surface area (Å²) < 4.78 is 48.7. The Bertz CT molecular complexity index is 1100. The van der Waals surface area contributed by atoms with Crippen LogP contribution >= 0.6 is 23.1 Å². The summed E-state index contributed by atoms with van der Waals surface area (Å²) >= 11 is 6.71. The van der Waals surface area contributed by atoms with Crippen LogP contribution < -0.4 is 5.43 Å². The van der Waals surface area contributed by atoms with Crippen molar-refractivity contribution in [2.24, 2.45) is 0 Å². The lowest BCUT2D eigenvalue weighted by Gasteiger charge is -2.13. The fourth-order valence-corrected chi connectivity index (χ4v) is 2.85. The first kappa shape index (κ1) is 20.0. The molecule has 0 atom stereocenters.